The summed E-state index contributed by atoms with van der Waals surface area (Å²) in [5, 5.41) is 26.1. The van der Waals surface area contributed by atoms with Gasteiger partial charge >= 0.3 is 0 Å². The maximum Gasteiger partial charge on any atom is 0.293 e. The lowest BCUT2D eigenvalue weighted by atomic mass is 9.59. The number of aromatic nitrogens is 2. The SMILES string of the molecule is CC1(O)CCC(CNc2ccc(S(=O)(=O)NC(=O)c3ccc(N4CCC5(CC4)CC(N4CCOC[C@]46CC(C)(C)c4ccccc46)C5)cc3N3c4cc5c(F)c[nH]c5nc4O[C@H]4COCC[C@@H]43)cc2[N+](=O)[O-])CC1. The third-order valence-electron chi connectivity index (χ3n) is 17.9. The molecule has 4 aliphatic heterocycles. The maximum absolute atomic E-state index is 15.3. The summed E-state index contributed by atoms with van der Waals surface area (Å²) in [5.74, 6) is -1.08. The smallest absolute Gasteiger partial charge is 0.293 e. The van der Waals surface area contributed by atoms with E-state index in [2.05, 4.69) is 67.9 Å². The minimum Gasteiger partial charge on any atom is -0.468 e. The number of carbonyl (C=O) groups excluding carboxylic acids is 1. The van der Waals surface area contributed by atoms with Crippen molar-refractivity contribution >= 4 is 55.4 Å². The number of sulfonamides is 1. The summed E-state index contributed by atoms with van der Waals surface area (Å²) >= 11 is 0. The van der Waals surface area contributed by atoms with Crippen molar-refractivity contribution in [3.63, 3.8) is 0 Å². The van der Waals surface area contributed by atoms with Gasteiger partial charge in [-0.15, -0.1) is 0 Å². The summed E-state index contributed by atoms with van der Waals surface area (Å²) in [5.41, 5.74) is 3.87. The number of nitrogens with one attached hydrogen (secondary N) is 3. The van der Waals surface area contributed by atoms with E-state index < -0.39 is 55.0 Å². The van der Waals surface area contributed by atoms with Crippen LogP contribution < -0.4 is 24.6 Å². The Labute approximate surface area is 430 Å². The number of piperidine rings is 1. The molecule has 0 unspecified atom stereocenters. The normalized spacial score (nSPS) is 27.5. The monoisotopic (exact) mass is 1030 g/mol. The Morgan fingerprint density at radius 2 is 1.72 bits per heavy atom. The molecule has 5 fully saturated rings. The van der Waals surface area contributed by atoms with Gasteiger partial charge < -0.3 is 39.4 Å². The van der Waals surface area contributed by atoms with Gasteiger partial charge in [-0.25, -0.2) is 17.5 Å². The van der Waals surface area contributed by atoms with Crippen LogP contribution in [0.5, 0.6) is 5.88 Å². The van der Waals surface area contributed by atoms with Crippen LogP contribution in [0, 0.1) is 27.3 Å². The molecule has 3 aliphatic carbocycles. The number of fused-ring (bicyclic) bond motifs is 5. The van der Waals surface area contributed by atoms with E-state index in [1.165, 1.54) is 29.5 Å². The van der Waals surface area contributed by atoms with Crippen molar-refractivity contribution in [2.45, 2.75) is 125 Å². The lowest BCUT2D eigenvalue weighted by Gasteiger charge is -2.60. The second-order valence-electron chi connectivity index (χ2n) is 23.1. The molecule has 17 nitrogen and oxygen atoms in total. The zero-order valence-electron chi connectivity index (χ0n) is 42.2. The Bertz CT molecular complexity index is 3140. The minimum absolute atomic E-state index is 0.0238. The molecule has 6 heterocycles. The number of nitro groups is 1. The molecule has 7 aliphatic rings. The van der Waals surface area contributed by atoms with Crippen molar-refractivity contribution in [1.29, 1.82) is 0 Å². The second kappa shape index (κ2) is 18.2. The molecule has 2 saturated carbocycles. The van der Waals surface area contributed by atoms with Crippen molar-refractivity contribution < 1.29 is 41.8 Å². The first kappa shape index (κ1) is 49.0. The number of pyridine rings is 1. The maximum atomic E-state index is 15.3. The molecule has 4 N–H and O–H groups in total. The van der Waals surface area contributed by atoms with Crippen LogP contribution in [0.4, 0.5) is 32.8 Å². The van der Waals surface area contributed by atoms with Gasteiger partial charge in [0, 0.05) is 56.8 Å². The minimum atomic E-state index is -4.68. The van der Waals surface area contributed by atoms with Crippen molar-refractivity contribution in [3.8, 4) is 5.88 Å². The lowest BCUT2D eigenvalue weighted by Crippen LogP contribution is -2.64. The molecule has 12 rings (SSSR count). The molecule has 74 heavy (non-hydrogen) atoms. The van der Waals surface area contributed by atoms with Crippen molar-refractivity contribution in [2.24, 2.45) is 11.3 Å². The number of benzene rings is 3. The van der Waals surface area contributed by atoms with E-state index in [1.54, 1.807) is 12.1 Å². The number of H-pyrrole nitrogens is 1. The summed E-state index contributed by atoms with van der Waals surface area (Å²) in [6.45, 7) is 11.5. The highest BCUT2D eigenvalue weighted by Crippen LogP contribution is 2.59. The fourth-order valence-electron chi connectivity index (χ4n) is 13.9. The zero-order valence-corrected chi connectivity index (χ0v) is 43.0. The van der Waals surface area contributed by atoms with E-state index in [1.807, 2.05) is 24.0 Å². The van der Waals surface area contributed by atoms with Crippen molar-refractivity contribution in [2.75, 3.05) is 67.7 Å². The van der Waals surface area contributed by atoms with Gasteiger partial charge in [0.05, 0.1) is 63.5 Å². The van der Waals surface area contributed by atoms with Gasteiger partial charge in [-0.3, -0.25) is 19.8 Å². The number of anilines is 4. The molecular weight excluding hydrogens is 968 g/mol. The highest BCUT2D eigenvalue weighted by atomic mass is 32.2. The second-order valence-corrected chi connectivity index (χ2v) is 24.8. The number of amides is 1. The van der Waals surface area contributed by atoms with Crippen molar-refractivity contribution in [3.05, 3.63) is 106 Å². The first-order chi connectivity index (χ1) is 35.4. The van der Waals surface area contributed by atoms with E-state index in [9.17, 15) is 28.4 Å². The topological polar surface area (TPSA) is 205 Å². The van der Waals surface area contributed by atoms with E-state index in [4.69, 9.17) is 14.2 Å². The number of hydrogen-bond donors (Lipinski definition) is 4. The fourth-order valence-corrected chi connectivity index (χ4v) is 14.9. The zero-order chi connectivity index (χ0) is 51.4. The first-order valence-corrected chi connectivity index (χ1v) is 27.8. The molecular formula is C55H65FN8O9S. The van der Waals surface area contributed by atoms with E-state index in [0.29, 0.717) is 56.4 Å². The van der Waals surface area contributed by atoms with Gasteiger partial charge in [0.1, 0.15) is 28.9 Å². The molecule has 2 aromatic heterocycles. The van der Waals surface area contributed by atoms with Gasteiger partial charge in [-0.2, -0.15) is 4.98 Å². The Balaban J connectivity index is 0.829. The highest BCUT2D eigenvalue weighted by Gasteiger charge is 2.58. The summed E-state index contributed by atoms with van der Waals surface area (Å²) in [6, 6.07) is 19.6. The highest BCUT2D eigenvalue weighted by molar-refractivity contribution is 7.90. The summed E-state index contributed by atoms with van der Waals surface area (Å²) in [4.78, 5) is 40.6. The number of carbonyl (C=O) groups is 1. The fraction of sp³-hybridized carbons (Fsp3) is 0.527. The Kier molecular flexibility index (Phi) is 12.0. The number of ether oxygens (including phenoxy) is 3. The number of aromatic amines is 1. The molecule has 0 bridgehead atoms. The molecule has 5 aromatic rings. The predicted octanol–water partition coefficient (Wildman–Crippen LogP) is 8.43. The van der Waals surface area contributed by atoms with Gasteiger partial charge in [0.25, 0.3) is 21.6 Å². The third kappa shape index (κ3) is 8.55. The molecule has 3 atom stereocenters. The average molecular weight is 1030 g/mol. The molecule has 392 valence electrons. The number of hydrogen-bond acceptors (Lipinski definition) is 14. The van der Waals surface area contributed by atoms with E-state index in [-0.39, 0.29) is 57.1 Å². The van der Waals surface area contributed by atoms with Crippen LogP contribution in [-0.4, -0.2) is 116 Å². The summed E-state index contributed by atoms with van der Waals surface area (Å²) in [7, 11) is -4.68. The van der Waals surface area contributed by atoms with Gasteiger partial charge in [0.15, 0.2) is 0 Å². The molecule has 19 heteroatoms. The Morgan fingerprint density at radius 1 is 0.946 bits per heavy atom. The quantitative estimate of drug-likeness (QED) is 0.0766. The number of nitrogens with zero attached hydrogens (tertiary/aromatic N) is 5. The van der Waals surface area contributed by atoms with Crippen LogP contribution in [0.3, 0.4) is 0 Å². The van der Waals surface area contributed by atoms with Gasteiger partial charge in [0.2, 0.25) is 5.88 Å². The molecule has 2 spiro atoms. The standard InChI is InChI=1S/C55H65FN8O9S/c1-52(2)32-55(41-7-5-4-6-40(41)52)33-72-23-21-62(55)36-27-54(28-36)17-19-61(20-18-54)35-8-10-38(45(24-35)63-44-14-22-71-31-48(44)73-51-47(63)26-39-42(56)30-58-49(39)59-51)50(65)60-74(69,70)37-9-11-43(46(25-37)64(67)68)57-29-34-12-15-53(3,66)16-13-34/h4-11,24-26,30,34,36,44,48,57,66H,12-23,27-29,31-33H2,1-3H3,(H,58,59)(H,60,65)/t34?,44-,48-,53?,55-/m0/s1. The van der Waals surface area contributed by atoms with Crippen LogP contribution in [0.1, 0.15) is 106 Å². The lowest BCUT2D eigenvalue weighted by molar-refractivity contribution is -0.384. The number of aliphatic hydroxyl groups is 1. The predicted molar refractivity (Wildman–Crippen MR) is 277 cm³/mol. The van der Waals surface area contributed by atoms with Gasteiger partial charge in [-0.05, 0) is 135 Å². The summed E-state index contributed by atoms with van der Waals surface area (Å²) in [6.07, 6.45) is 9.14. The van der Waals surface area contributed by atoms with Crippen LogP contribution in [0.15, 0.2) is 77.8 Å². The van der Waals surface area contributed by atoms with E-state index in [0.717, 1.165) is 82.9 Å². The number of rotatable bonds is 10. The van der Waals surface area contributed by atoms with Crippen LogP contribution in [0.25, 0.3) is 11.0 Å². The molecule has 1 amide bonds. The molecule has 3 aromatic carbocycles. The number of halogens is 1. The van der Waals surface area contributed by atoms with Crippen molar-refractivity contribution in [1.82, 2.24) is 19.6 Å². The Hall–Kier alpha value is -5.86. The molecule has 3 saturated heterocycles. The number of morpholine rings is 1. The third-order valence-corrected chi connectivity index (χ3v) is 19.2. The molecule has 0 radical (unpaired) electrons. The van der Waals surface area contributed by atoms with Crippen LogP contribution in [0.2, 0.25) is 0 Å². The largest absolute Gasteiger partial charge is 0.468 e. The first-order valence-electron chi connectivity index (χ1n) is 26.3. The Morgan fingerprint density at radius 3 is 2.49 bits per heavy atom. The number of nitro benzene ring substituents is 1. The van der Waals surface area contributed by atoms with Crippen LogP contribution >= 0.6 is 0 Å². The van der Waals surface area contributed by atoms with Gasteiger partial charge in [-0.1, -0.05) is 38.1 Å². The summed E-state index contributed by atoms with van der Waals surface area (Å²) < 4.78 is 64.6. The average Bonchev–Trinajstić information content (AvgIpc) is 3.85. The van der Waals surface area contributed by atoms with Crippen LogP contribution in [-0.2, 0) is 30.5 Å². The van der Waals surface area contributed by atoms with E-state index >= 15 is 4.39 Å².